The standard InChI is InChI=1S/C11H17N3O2/c1-11(2,3)10(12)7-8-6-9(14(15)16)4-5-13-8/h4-6,10H,7,12H2,1-3H3. The number of aromatic nitrogens is 1. The summed E-state index contributed by atoms with van der Waals surface area (Å²) in [6.45, 7) is 6.11. The molecule has 1 unspecified atom stereocenters. The second kappa shape index (κ2) is 4.57. The largest absolute Gasteiger partial charge is 0.327 e. The highest BCUT2D eigenvalue weighted by atomic mass is 16.6. The van der Waals surface area contributed by atoms with Crippen LogP contribution in [0.2, 0.25) is 0 Å². The van der Waals surface area contributed by atoms with Crippen molar-refractivity contribution in [1.29, 1.82) is 0 Å². The third-order valence-corrected chi connectivity index (χ3v) is 2.55. The lowest BCUT2D eigenvalue weighted by Crippen LogP contribution is -2.37. The Balaban J connectivity index is 2.82. The zero-order valence-electron chi connectivity index (χ0n) is 9.80. The summed E-state index contributed by atoms with van der Waals surface area (Å²) in [6.07, 6.45) is 1.99. The molecule has 0 amide bonds. The minimum absolute atomic E-state index is 0.0354. The molecule has 5 heteroatoms. The van der Waals surface area contributed by atoms with Crippen LogP contribution in [0.1, 0.15) is 26.5 Å². The average molecular weight is 223 g/mol. The Labute approximate surface area is 94.8 Å². The van der Waals surface area contributed by atoms with Gasteiger partial charge in [0, 0.05) is 36.5 Å². The van der Waals surface area contributed by atoms with Crippen LogP contribution in [0.3, 0.4) is 0 Å². The molecule has 0 aromatic carbocycles. The molecule has 1 aromatic rings. The molecule has 0 saturated heterocycles. The van der Waals surface area contributed by atoms with Crippen LogP contribution >= 0.6 is 0 Å². The van der Waals surface area contributed by atoms with E-state index in [0.717, 1.165) is 0 Å². The maximum Gasteiger partial charge on any atom is 0.272 e. The SMILES string of the molecule is CC(C)(C)C(N)Cc1cc([N+](=O)[O-])ccn1. The molecule has 1 rings (SSSR count). The first-order chi connectivity index (χ1) is 7.30. The van der Waals surface area contributed by atoms with E-state index in [2.05, 4.69) is 4.98 Å². The van der Waals surface area contributed by atoms with Crippen LogP contribution in [-0.2, 0) is 6.42 Å². The molecular weight excluding hydrogens is 206 g/mol. The van der Waals surface area contributed by atoms with E-state index < -0.39 is 4.92 Å². The van der Waals surface area contributed by atoms with Crippen molar-refractivity contribution in [3.63, 3.8) is 0 Å². The quantitative estimate of drug-likeness (QED) is 0.626. The van der Waals surface area contributed by atoms with E-state index in [4.69, 9.17) is 5.73 Å². The first-order valence-electron chi connectivity index (χ1n) is 5.15. The van der Waals surface area contributed by atoms with Crippen molar-refractivity contribution < 1.29 is 4.92 Å². The number of pyridine rings is 1. The summed E-state index contributed by atoms with van der Waals surface area (Å²) in [5, 5.41) is 10.6. The Bertz CT molecular complexity index is 385. The lowest BCUT2D eigenvalue weighted by Gasteiger charge is -2.26. The van der Waals surface area contributed by atoms with Gasteiger partial charge in [-0.3, -0.25) is 15.1 Å². The first kappa shape index (κ1) is 12.6. The number of hydrogen-bond acceptors (Lipinski definition) is 4. The summed E-state index contributed by atoms with van der Waals surface area (Å²) >= 11 is 0. The zero-order chi connectivity index (χ0) is 12.3. The van der Waals surface area contributed by atoms with Gasteiger partial charge in [-0.25, -0.2) is 0 Å². The molecular formula is C11H17N3O2. The third kappa shape index (κ3) is 3.27. The highest BCUT2D eigenvalue weighted by Gasteiger charge is 2.21. The van der Waals surface area contributed by atoms with E-state index in [-0.39, 0.29) is 17.1 Å². The summed E-state index contributed by atoms with van der Waals surface area (Å²) in [5.74, 6) is 0. The number of rotatable bonds is 3. The van der Waals surface area contributed by atoms with E-state index in [0.29, 0.717) is 12.1 Å². The van der Waals surface area contributed by atoms with Crippen molar-refractivity contribution in [2.75, 3.05) is 0 Å². The molecule has 5 nitrogen and oxygen atoms in total. The van der Waals surface area contributed by atoms with Crippen LogP contribution in [0.5, 0.6) is 0 Å². The first-order valence-corrected chi connectivity index (χ1v) is 5.15. The Morgan fingerprint density at radius 2 is 2.19 bits per heavy atom. The van der Waals surface area contributed by atoms with Crippen molar-refractivity contribution in [1.82, 2.24) is 4.98 Å². The maximum atomic E-state index is 10.6. The summed E-state index contributed by atoms with van der Waals surface area (Å²) < 4.78 is 0. The minimum Gasteiger partial charge on any atom is -0.327 e. The molecule has 16 heavy (non-hydrogen) atoms. The predicted molar refractivity (Wildman–Crippen MR) is 62.0 cm³/mol. The molecule has 0 saturated carbocycles. The van der Waals surface area contributed by atoms with Crippen molar-refractivity contribution >= 4 is 5.69 Å². The van der Waals surface area contributed by atoms with E-state index in [1.165, 1.54) is 18.3 Å². The molecule has 1 heterocycles. The van der Waals surface area contributed by atoms with Crippen molar-refractivity contribution in [2.24, 2.45) is 11.1 Å². The van der Waals surface area contributed by atoms with Gasteiger partial charge in [-0.05, 0) is 5.41 Å². The van der Waals surface area contributed by atoms with Crippen LogP contribution in [0.4, 0.5) is 5.69 Å². The van der Waals surface area contributed by atoms with Crippen molar-refractivity contribution in [3.8, 4) is 0 Å². The highest BCUT2D eigenvalue weighted by Crippen LogP contribution is 2.21. The normalized spacial score (nSPS) is 13.5. The number of hydrogen-bond donors (Lipinski definition) is 1. The lowest BCUT2D eigenvalue weighted by molar-refractivity contribution is -0.385. The van der Waals surface area contributed by atoms with E-state index in [1.54, 1.807) is 0 Å². The Morgan fingerprint density at radius 3 is 2.69 bits per heavy atom. The Hall–Kier alpha value is -1.49. The Morgan fingerprint density at radius 1 is 1.56 bits per heavy atom. The molecule has 0 radical (unpaired) electrons. The van der Waals surface area contributed by atoms with Gasteiger partial charge in [0.05, 0.1) is 4.92 Å². The van der Waals surface area contributed by atoms with Gasteiger partial charge in [0.25, 0.3) is 5.69 Å². The molecule has 0 aliphatic carbocycles. The van der Waals surface area contributed by atoms with E-state index in [9.17, 15) is 10.1 Å². The van der Waals surface area contributed by atoms with Gasteiger partial charge < -0.3 is 5.73 Å². The highest BCUT2D eigenvalue weighted by molar-refractivity contribution is 5.30. The van der Waals surface area contributed by atoms with Gasteiger partial charge in [-0.15, -0.1) is 0 Å². The van der Waals surface area contributed by atoms with Crippen LogP contribution in [0.25, 0.3) is 0 Å². The molecule has 0 aliphatic rings. The molecule has 2 N–H and O–H groups in total. The molecule has 0 fully saturated rings. The smallest absolute Gasteiger partial charge is 0.272 e. The fourth-order valence-corrected chi connectivity index (χ4v) is 1.22. The summed E-state index contributed by atoms with van der Waals surface area (Å²) in [6, 6.07) is 2.79. The lowest BCUT2D eigenvalue weighted by atomic mass is 9.85. The second-order valence-electron chi connectivity index (χ2n) is 4.94. The minimum atomic E-state index is -0.423. The zero-order valence-corrected chi connectivity index (χ0v) is 9.80. The van der Waals surface area contributed by atoms with Crippen LogP contribution in [0, 0.1) is 15.5 Å². The molecule has 88 valence electrons. The third-order valence-electron chi connectivity index (χ3n) is 2.55. The molecule has 0 bridgehead atoms. The fraction of sp³-hybridized carbons (Fsp3) is 0.545. The number of nitro groups is 1. The summed E-state index contributed by atoms with van der Waals surface area (Å²) in [4.78, 5) is 14.3. The van der Waals surface area contributed by atoms with Gasteiger partial charge in [-0.2, -0.15) is 0 Å². The van der Waals surface area contributed by atoms with E-state index in [1.807, 2.05) is 20.8 Å². The second-order valence-corrected chi connectivity index (χ2v) is 4.94. The summed E-state index contributed by atoms with van der Waals surface area (Å²) in [7, 11) is 0. The van der Waals surface area contributed by atoms with Gasteiger partial charge in [0.15, 0.2) is 0 Å². The molecule has 1 atom stereocenters. The number of nitrogens with zero attached hydrogens (tertiary/aromatic N) is 2. The topological polar surface area (TPSA) is 82.0 Å². The van der Waals surface area contributed by atoms with Gasteiger partial charge >= 0.3 is 0 Å². The van der Waals surface area contributed by atoms with Gasteiger partial charge in [-0.1, -0.05) is 20.8 Å². The van der Waals surface area contributed by atoms with Crippen LogP contribution in [0.15, 0.2) is 18.3 Å². The van der Waals surface area contributed by atoms with Gasteiger partial charge in [0.2, 0.25) is 0 Å². The van der Waals surface area contributed by atoms with E-state index >= 15 is 0 Å². The Kier molecular flexibility index (Phi) is 3.59. The monoisotopic (exact) mass is 223 g/mol. The fourth-order valence-electron chi connectivity index (χ4n) is 1.22. The average Bonchev–Trinajstić information content (AvgIpc) is 2.16. The molecule has 1 aromatic heterocycles. The van der Waals surface area contributed by atoms with Crippen molar-refractivity contribution in [3.05, 3.63) is 34.1 Å². The van der Waals surface area contributed by atoms with Crippen LogP contribution in [-0.4, -0.2) is 15.9 Å². The van der Waals surface area contributed by atoms with Crippen LogP contribution < -0.4 is 5.73 Å². The molecule has 0 aliphatic heterocycles. The van der Waals surface area contributed by atoms with Gasteiger partial charge in [0.1, 0.15) is 0 Å². The molecule has 0 spiro atoms. The predicted octanol–water partition coefficient (Wildman–Crippen LogP) is 1.91. The maximum absolute atomic E-state index is 10.6. The summed E-state index contributed by atoms with van der Waals surface area (Å²) in [5.41, 5.74) is 6.69. The number of nitrogens with two attached hydrogens (primary N) is 1. The van der Waals surface area contributed by atoms with Crippen molar-refractivity contribution in [2.45, 2.75) is 33.2 Å².